The summed E-state index contributed by atoms with van der Waals surface area (Å²) in [6, 6.07) is 5.82. The SMILES string of the molecule is CCc1cnc(CNC(=NC)NCc2cccc(OC)c2OC)s1.I. The zero-order valence-corrected chi connectivity index (χ0v) is 18.1. The quantitative estimate of drug-likeness (QED) is 0.365. The molecule has 0 radical (unpaired) electrons. The van der Waals surface area contributed by atoms with Gasteiger partial charge in [0, 0.05) is 30.2 Å². The molecule has 25 heavy (non-hydrogen) atoms. The summed E-state index contributed by atoms with van der Waals surface area (Å²) in [4.78, 5) is 9.93. The lowest BCUT2D eigenvalue weighted by atomic mass is 10.2. The maximum absolute atomic E-state index is 5.44. The Kier molecular flexibility index (Phi) is 9.58. The number of ether oxygens (including phenoxy) is 2. The number of halogens is 1. The minimum atomic E-state index is 0. The van der Waals surface area contributed by atoms with Crippen molar-refractivity contribution in [1.29, 1.82) is 0 Å². The van der Waals surface area contributed by atoms with Gasteiger partial charge in [-0.2, -0.15) is 0 Å². The van der Waals surface area contributed by atoms with Crippen LogP contribution in [-0.4, -0.2) is 32.2 Å². The van der Waals surface area contributed by atoms with Crippen LogP contribution in [-0.2, 0) is 19.5 Å². The van der Waals surface area contributed by atoms with Gasteiger partial charge in [0.05, 0.1) is 20.8 Å². The topological polar surface area (TPSA) is 67.8 Å². The summed E-state index contributed by atoms with van der Waals surface area (Å²) in [5, 5.41) is 7.61. The lowest BCUT2D eigenvalue weighted by Crippen LogP contribution is -2.36. The van der Waals surface area contributed by atoms with Crippen LogP contribution in [0, 0.1) is 0 Å². The fourth-order valence-corrected chi connectivity index (χ4v) is 3.05. The first-order valence-electron chi connectivity index (χ1n) is 7.79. The number of aromatic nitrogens is 1. The number of aliphatic imine (C=N–C) groups is 1. The molecule has 2 N–H and O–H groups in total. The first-order chi connectivity index (χ1) is 11.7. The molecule has 0 saturated carbocycles. The second-order valence-corrected chi connectivity index (χ2v) is 6.21. The summed E-state index contributed by atoms with van der Waals surface area (Å²) in [6.45, 7) is 3.37. The van der Waals surface area contributed by atoms with Crippen molar-refractivity contribution in [1.82, 2.24) is 15.6 Å². The number of benzene rings is 1. The third kappa shape index (κ3) is 6.03. The van der Waals surface area contributed by atoms with E-state index >= 15 is 0 Å². The molecule has 0 amide bonds. The predicted molar refractivity (Wildman–Crippen MR) is 113 cm³/mol. The highest BCUT2D eigenvalue weighted by atomic mass is 127. The number of para-hydroxylation sites is 1. The molecule has 8 heteroatoms. The second kappa shape index (κ2) is 11.1. The van der Waals surface area contributed by atoms with Gasteiger partial charge in [-0.15, -0.1) is 35.3 Å². The van der Waals surface area contributed by atoms with Gasteiger partial charge in [0.2, 0.25) is 0 Å². The van der Waals surface area contributed by atoms with E-state index in [1.807, 2.05) is 24.4 Å². The number of hydrogen-bond acceptors (Lipinski definition) is 5. The van der Waals surface area contributed by atoms with Crippen LogP contribution >= 0.6 is 35.3 Å². The number of rotatable bonds is 7. The summed E-state index contributed by atoms with van der Waals surface area (Å²) in [5.41, 5.74) is 1.00. The fraction of sp³-hybridized carbons (Fsp3) is 0.412. The van der Waals surface area contributed by atoms with Crippen molar-refractivity contribution in [3.05, 3.63) is 39.8 Å². The standard InChI is InChI=1S/C17H24N4O2S.HI/c1-5-13-10-19-15(24-13)11-21-17(18-2)20-9-12-7-6-8-14(22-3)16(12)23-4;/h6-8,10H,5,9,11H2,1-4H3,(H2,18,20,21);1H. The molecule has 0 saturated heterocycles. The summed E-state index contributed by atoms with van der Waals surface area (Å²) in [6.07, 6.45) is 2.94. The van der Waals surface area contributed by atoms with Gasteiger partial charge in [0.15, 0.2) is 17.5 Å². The molecule has 0 aliphatic rings. The summed E-state index contributed by atoms with van der Waals surface area (Å²) >= 11 is 1.72. The average Bonchev–Trinajstić information content (AvgIpc) is 3.09. The fourth-order valence-electron chi connectivity index (χ4n) is 2.25. The summed E-state index contributed by atoms with van der Waals surface area (Å²) < 4.78 is 10.8. The Morgan fingerprint density at radius 2 is 1.96 bits per heavy atom. The Bertz CT molecular complexity index is 691. The van der Waals surface area contributed by atoms with Crippen LogP contribution in [0.3, 0.4) is 0 Å². The summed E-state index contributed by atoms with van der Waals surface area (Å²) in [5.74, 6) is 2.17. The Hall–Kier alpha value is -1.55. The predicted octanol–water partition coefficient (Wildman–Crippen LogP) is 3.21. The number of thiazole rings is 1. The number of nitrogens with one attached hydrogen (secondary N) is 2. The van der Waals surface area contributed by atoms with E-state index in [2.05, 4.69) is 27.5 Å². The van der Waals surface area contributed by atoms with E-state index in [0.717, 1.165) is 28.5 Å². The molecule has 2 rings (SSSR count). The monoisotopic (exact) mass is 476 g/mol. The maximum Gasteiger partial charge on any atom is 0.191 e. The molecule has 1 aromatic carbocycles. The van der Waals surface area contributed by atoms with Gasteiger partial charge in [-0.25, -0.2) is 4.98 Å². The first-order valence-corrected chi connectivity index (χ1v) is 8.61. The second-order valence-electron chi connectivity index (χ2n) is 5.01. The van der Waals surface area contributed by atoms with Crippen molar-refractivity contribution in [3.63, 3.8) is 0 Å². The molecule has 1 heterocycles. The smallest absolute Gasteiger partial charge is 0.191 e. The normalized spacial score (nSPS) is 10.8. The Morgan fingerprint density at radius 3 is 2.56 bits per heavy atom. The number of methoxy groups -OCH3 is 2. The molecule has 0 aliphatic heterocycles. The highest BCUT2D eigenvalue weighted by molar-refractivity contribution is 14.0. The van der Waals surface area contributed by atoms with Crippen molar-refractivity contribution >= 4 is 41.3 Å². The average molecular weight is 476 g/mol. The molecule has 0 aliphatic carbocycles. The third-order valence-corrected chi connectivity index (χ3v) is 4.65. The minimum Gasteiger partial charge on any atom is -0.493 e. The molecule has 0 atom stereocenters. The lowest BCUT2D eigenvalue weighted by Gasteiger charge is -2.15. The van der Waals surface area contributed by atoms with E-state index in [1.54, 1.807) is 32.6 Å². The lowest BCUT2D eigenvalue weighted by molar-refractivity contribution is 0.351. The van der Waals surface area contributed by atoms with E-state index in [0.29, 0.717) is 19.0 Å². The molecule has 0 unspecified atom stereocenters. The highest BCUT2D eigenvalue weighted by Crippen LogP contribution is 2.30. The van der Waals surface area contributed by atoms with Crippen molar-refractivity contribution < 1.29 is 9.47 Å². The Balaban J connectivity index is 0.00000312. The molecule has 0 bridgehead atoms. The van der Waals surface area contributed by atoms with Crippen LogP contribution in [0.25, 0.3) is 0 Å². The zero-order valence-electron chi connectivity index (χ0n) is 15.0. The van der Waals surface area contributed by atoms with Crippen LogP contribution < -0.4 is 20.1 Å². The van der Waals surface area contributed by atoms with Crippen LogP contribution in [0.4, 0.5) is 0 Å². The minimum absolute atomic E-state index is 0. The molecule has 6 nitrogen and oxygen atoms in total. The van der Waals surface area contributed by atoms with Gasteiger partial charge in [0.25, 0.3) is 0 Å². The van der Waals surface area contributed by atoms with Gasteiger partial charge in [-0.05, 0) is 12.5 Å². The maximum atomic E-state index is 5.44. The number of guanidine groups is 1. The molecular weight excluding hydrogens is 451 g/mol. The van der Waals surface area contributed by atoms with Crippen molar-refractivity contribution in [3.8, 4) is 11.5 Å². The Labute approximate surface area is 170 Å². The van der Waals surface area contributed by atoms with Crippen LogP contribution in [0.1, 0.15) is 22.4 Å². The number of aryl methyl sites for hydroxylation is 1. The van der Waals surface area contributed by atoms with E-state index < -0.39 is 0 Å². The molecule has 0 spiro atoms. The van der Waals surface area contributed by atoms with Crippen LogP contribution in [0.5, 0.6) is 11.5 Å². The molecule has 2 aromatic rings. The van der Waals surface area contributed by atoms with Crippen LogP contribution in [0.2, 0.25) is 0 Å². The van der Waals surface area contributed by atoms with E-state index in [9.17, 15) is 0 Å². The van der Waals surface area contributed by atoms with Gasteiger partial charge in [-0.1, -0.05) is 19.1 Å². The largest absolute Gasteiger partial charge is 0.493 e. The van der Waals surface area contributed by atoms with Crippen molar-refractivity contribution in [2.75, 3.05) is 21.3 Å². The van der Waals surface area contributed by atoms with E-state index in [4.69, 9.17) is 9.47 Å². The van der Waals surface area contributed by atoms with Gasteiger partial charge < -0.3 is 20.1 Å². The van der Waals surface area contributed by atoms with E-state index in [-0.39, 0.29) is 24.0 Å². The van der Waals surface area contributed by atoms with Gasteiger partial charge in [0.1, 0.15) is 5.01 Å². The van der Waals surface area contributed by atoms with Gasteiger partial charge in [-0.3, -0.25) is 4.99 Å². The highest BCUT2D eigenvalue weighted by Gasteiger charge is 2.10. The number of nitrogens with zero attached hydrogens (tertiary/aromatic N) is 2. The van der Waals surface area contributed by atoms with E-state index in [1.165, 1.54) is 4.88 Å². The van der Waals surface area contributed by atoms with Crippen molar-refractivity contribution in [2.24, 2.45) is 4.99 Å². The number of hydrogen-bond donors (Lipinski definition) is 2. The summed E-state index contributed by atoms with van der Waals surface area (Å²) in [7, 11) is 5.02. The third-order valence-electron chi connectivity index (χ3n) is 3.51. The van der Waals surface area contributed by atoms with Gasteiger partial charge >= 0.3 is 0 Å². The van der Waals surface area contributed by atoms with Crippen molar-refractivity contribution in [2.45, 2.75) is 26.4 Å². The molecule has 1 aromatic heterocycles. The van der Waals surface area contributed by atoms with Crippen LogP contribution in [0.15, 0.2) is 29.4 Å². The zero-order chi connectivity index (χ0) is 17.4. The molecule has 138 valence electrons. The Morgan fingerprint density at radius 1 is 1.20 bits per heavy atom. The first kappa shape index (κ1) is 21.5. The molecule has 0 fully saturated rings. The molecular formula is C17H25IN4O2S.